The van der Waals surface area contributed by atoms with E-state index in [0.29, 0.717) is 5.69 Å². The number of carbonyl (C=O) groups excluding carboxylic acids is 2. The molecule has 140 valence electrons. The number of hydrogen-bond donors (Lipinski definition) is 2. The summed E-state index contributed by atoms with van der Waals surface area (Å²) in [6.07, 6.45) is 2.04. The number of anilines is 1. The molecule has 0 aliphatic carbocycles. The fourth-order valence-electron chi connectivity index (χ4n) is 2.98. The Labute approximate surface area is 156 Å². The zero-order valence-electron chi connectivity index (χ0n) is 14.7. The third-order valence-corrected chi connectivity index (χ3v) is 4.37. The van der Waals surface area contributed by atoms with Crippen LogP contribution >= 0.6 is 0 Å². The van der Waals surface area contributed by atoms with Gasteiger partial charge in [0.25, 0.3) is 11.6 Å². The first-order valence-corrected chi connectivity index (χ1v) is 8.71. The molecule has 8 heteroatoms. The molecule has 1 fully saturated rings. The molecule has 27 heavy (non-hydrogen) atoms. The average molecular weight is 368 g/mol. The quantitative estimate of drug-likeness (QED) is 0.625. The number of nitrogens with zero attached hydrogens (tertiary/aromatic N) is 2. The standard InChI is InChI=1S/C19H20N4O4/c24-18(16-8-1-2-9-17(16)23(26)27)20-13-14-6-5-7-15(12-14)21-19(25)22-10-3-4-11-22/h1-2,5-9,12H,3-4,10-11,13H2,(H,20,24)(H,21,25). The number of hydrogen-bond acceptors (Lipinski definition) is 4. The largest absolute Gasteiger partial charge is 0.348 e. The molecule has 0 bridgehead atoms. The number of urea groups is 1. The van der Waals surface area contributed by atoms with Crippen LogP contribution in [0.4, 0.5) is 16.2 Å². The van der Waals surface area contributed by atoms with Gasteiger partial charge in [-0.25, -0.2) is 4.79 Å². The first-order chi connectivity index (χ1) is 13.0. The van der Waals surface area contributed by atoms with Crippen molar-refractivity contribution < 1.29 is 14.5 Å². The second-order valence-electron chi connectivity index (χ2n) is 6.28. The predicted octanol–water partition coefficient (Wildman–Crippen LogP) is 3.15. The van der Waals surface area contributed by atoms with Crippen molar-refractivity contribution in [2.24, 2.45) is 0 Å². The van der Waals surface area contributed by atoms with Crippen molar-refractivity contribution in [3.8, 4) is 0 Å². The Morgan fingerprint density at radius 2 is 1.81 bits per heavy atom. The lowest BCUT2D eigenvalue weighted by Crippen LogP contribution is -2.32. The van der Waals surface area contributed by atoms with E-state index in [1.165, 1.54) is 18.2 Å². The molecule has 0 unspecified atom stereocenters. The molecule has 0 spiro atoms. The molecular weight excluding hydrogens is 348 g/mol. The number of likely N-dealkylation sites (tertiary alicyclic amines) is 1. The van der Waals surface area contributed by atoms with Crippen LogP contribution in [-0.2, 0) is 6.54 Å². The zero-order valence-corrected chi connectivity index (χ0v) is 14.7. The summed E-state index contributed by atoms with van der Waals surface area (Å²) in [6, 6.07) is 12.8. The summed E-state index contributed by atoms with van der Waals surface area (Å²) in [7, 11) is 0. The maximum absolute atomic E-state index is 12.3. The van der Waals surface area contributed by atoms with Crippen LogP contribution < -0.4 is 10.6 Å². The number of benzene rings is 2. The van der Waals surface area contributed by atoms with Crippen molar-refractivity contribution in [1.82, 2.24) is 10.2 Å². The van der Waals surface area contributed by atoms with Crippen LogP contribution in [0, 0.1) is 10.1 Å². The van der Waals surface area contributed by atoms with Crippen LogP contribution in [0.25, 0.3) is 0 Å². The van der Waals surface area contributed by atoms with E-state index in [0.717, 1.165) is 31.5 Å². The van der Waals surface area contributed by atoms with E-state index >= 15 is 0 Å². The third kappa shape index (κ3) is 4.60. The molecular formula is C19H20N4O4. The molecule has 3 rings (SSSR count). The van der Waals surface area contributed by atoms with Crippen LogP contribution in [0.2, 0.25) is 0 Å². The predicted molar refractivity (Wildman–Crippen MR) is 101 cm³/mol. The van der Waals surface area contributed by atoms with Gasteiger partial charge in [-0.1, -0.05) is 24.3 Å². The topological polar surface area (TPSA) is 105 Å². The summed E-state index contributed by atoms with van der Waals surface area (Å²) < 4.78 is 0. The molecule has 0 aromatic heterocycles. The lowest BCUT2D eigenvalue weighted by atomic mass is 10.1. The molecule has 2 N–H and O–H groups in total. The summed E-state index contributed by atoms with van der Waals surface area (Å²) in [5, 5.41) is 16.6. The second kappa shape index (κ2) is 8.31. The fourth-order valence-corrected chi connectivity index (χ4v) is 2.98. The normalized spacial score (nSPS) is 13.3. The third-order valence-electron chi connectivity index (χ3n) is 4.37. The molecule has 0 radical (unpaired) electrons. The van der Waals surface area contributed by atoms with Gasteiger partial charge in [-0.2, -0.15) is 0 Å². The summed E-state index contributed by atoms with van der Waals surface area (Å²) in [5.74, 6) is -0.520. The van der Waals surface area contributed by atoms with E-state index in [9.17, 15) is 19.7 Å². The minimum absolute atomic E-state index is 0.0148. The molecule has 1 saturated heterocycles. The number of para-hydroxylation sites is 1. The van der Waals surface area contributed by atoms with E-state index in [1.54, 1.807) is 29.2 Å². The molecule has 0 saturated carbocycles. The SMILES string of the molecule is O=C(NCc1cccc(NC(=O)N2CCCC2)c1)c1ccccc1[N+](=O)[O-]. The van der Waals surface area contributed by atoms with Crippen LogP contribution in [0.15, 0.2) is 48.5 Å². The Morgan fingerprint density at radius 3 is 2.56 bits per heavy atom. The number of nitro benzene ring substituents is 1. The number of rotatable bonds is 5. The Bertz CT molecular complexity index is 862. The molecule has 8 nitrogen and oxygen atoms in total. The summed E-state index contributed by atoms with van der Waals surface area (Å²) >= 11 is 0. The van der Waals surface area contributed by atoms with Crippen LogP contribution in [0.5, 0.6) is 0 Å². The van der Waals surface area contributed by atoms with Crippen LogP contribution in [0.3, 0.4) is 0 Å². The molecule has 1 aliphatic rings. The number of carbonyl (C=O) groups is 2. The average Bonchev–Trinajstić information content (AvgIpc) is 3.21. The van der Waals surface area contributed by atoms with Gasteiger partial charge in [0.05, 0.1) is 4.92 Å². The number of nitrogens with one attached hydrogen (secondary N) is 2. The van der Waals surface area contributed by atoms with E-state index in [1.807, 2.05) is 6.07 Å². The highest BCUT2D eigenvalue weighted by atomic mass is 16.6. The van der Waals surface area contributed by atoms with Gasteiger partial charge in [0, 0.05) is 31.4 Å². The Balaban J connectivity index is 1.62. The van der Waals surface area contributed by atoms with Gasteiger partial charge in [-0.05, 0) is 36.6 Å². The highest BCUT2D eigenvalue weighted by Gasteiger charge is 2.19. The number of nitro groups is 1. The highest BCUT2D eigenvalue weighted by Crippen LogP contribution is 2.18. The summed E-state index contributed by atoms with van der Waals surface area (Å²) in [4.78, 5) is 36.7. The monoisotopic (exact) mass is 368 g/mol. The van der Waals surface area contributed by atoms with Gasteiger partial charge in [0.2, 0.25) is 0 Å². The van der Waals surface area contributed by atoms with Crippen molar-refractivity contribution in [3.05, 3.63) is 69.8 Å². The zero-order chi connectivity index (χ0) is 19.2. The molecule has 0 atom stereocenters. The summed E-state index contributed by atoms with van der Waals surface area (Å²) in [5.41, 5.74) is 1.20. The fraction of sp³-hybridized carbons (Fsp3) is 0.263. The maximum Gasteiger partial charge on any atom is 0.321 e. The highest BCUT2D eigenvalue weighted by molar-refractivity contribution is 5.98. The Hall–Kier alpha value is -3.42. The van der Waals surface area contributed by atoms with Gasteiger partial charge in [-0.15, -0.1) is 0 Å². The van der Waals surface area contributed by atoms with Gasteiger partial charge in [-0.3, -0.25) is 14.9 Å². The van der Waals surface area contributed by atoms with E-state index in [-0.39, 0.29) is 23.8 Å². The van der Waals surface area contributed by atoms with Crippen molar-refractivity contribution in [1.29, 1.82) is 0 Å². The minimum atomic E-state index is -0.580. The first kappa shape index (κ1) is 18.4. The van der Waals surface area contributed by atoms with Gasteiger partial charge >= 0.3 is 6.03 Å². The Kier molecular flexibility index (Phi) is 5.65. The van der Waals surface area contributed by atoms with Crippen LogP contribution in [0.1, 0.15) is 28.8 Å². The van der Waals surface area contributed by atoms with E-state index < -0.39 is 10.8 Å². The number of amides is 3. The van der Waals surface area contributed by atoms with Crippen molar-refractivity contribution in [2.75, 3.05) is 18.4 Å². The molecule has 2 aromatic rings. The van der Waals surface area contributed by atoms with Crippen molar-refractivity contribution in [2.45, 2.75) is 19.4 Å². The Morgan fingerprint density at radius 1 is 1.07 bits per heavy atom. The molecule has 3 amide bonds. The smallest absolute Gasteiger partial charge is 0.321 e. The van der Waals surface area contributed by atoms with E-state index in [4.69, 9.17) is 0 Å². The van der Waals surface area contributed by atoms with Gasteiger partial charge < -0.3 is 15.5 Å². The summed E-state index contributed by atoms with van der Waals surface area (Å²) in [6.45, 7) is 1.72. The van der Waals surface area contributed by atoms with Gasteiger partial charge in [0.1, 0.15) is 5.56 Å². The van der Waals surface area contributed by atoms with Gasteiger partial charge in [0.15, 0.2) is 0 Å². The molecule has 2 aromatic carbocycles. The molecule has 1 heterocycles. The van der Waals surface area contributed by atoms with E-state index in [2.05, 4.69) is 10.6 Å². The lowest BCUT2D eigenvalue weighted by Gasteiger charge is -2.16. The van der Waals surface area contributed by atoms with Crippen molar-refractivity contribution >= 4 is 23.3 Å². The second-order valence-corrected chi connectivity index (χ2v) is 6.28. The maximum atomic E-state index is 12.3. The first-order valence-electron chi connectivity index (χ1n) is 8.71. The minimum Gasteiger partial charge on any atom is -0.348 e. The molecule has 1 aliphatic heterocycles. The lowest BCUT2D eigenvalue weighted by molar-refractivity contribution is -0.385. The van der Waals surface area contributed by atoms with Crippen LogP contribution in [-0.4, -0.2) is 34.9 Å². The van der Waals surface area contributed by atoms with Crippen molar-refractivity contribution in [3.63, 3.8) is 0 Å².